The molecule has 0 saturated heterocycles. The van der Waals surface area contributed by atoms with Gasteiger partial charge in [0.25, 0.3) is 11.5 Å². The first kappa shape index (κ1) is 17.0. The predicted molar refractivity (Wildman–Crippen MR) is 99.1 cm³/mol. The molecule has 1 N–H and O–H groups in total. The van der Waals surface area contributed by atoms with E-state index in [-0.39, 0.29) is 17.3 Å². The van der Waals surface area contributed by atoms with Gasteiger partial charge in [0, 0.05) is 13.7 Å². The molecule has 6 heteroatoms. The van der Waals surface area contributed by atoms with Crippen LogP contribution in [-0.2, 0) is 11.3 Å². The monoisotopic (exact) mass is 353 g/mol. The number of carbonyl (C=O) groups excluding carboxylic acids is 1. The Morgan fingerprint density at radius 2 is 2.15 bits per heavy atom. The van der Waals surface area contributed by atoms with Gasteiger partial charge in [-0.2, -0.15) is 0 Å². The molecular weight excluding hydrogens is 330 g/mol. The summed E-state index contributed by atoms with van der Waals surface area (Å²) in [6.07, 6.45) is 6.89. The first-order chi connectivity index (χ1) is 12.7. The van der Waals surface area contributed by atoms with E-state index >= 15 is 0 Å². The topological polar surface area (TPSA) is 73.2 Å². The molecule has 1 fully saturated rings. The lowest BCUT2D eigenvalue weighted by atomic mass is 9.94. The summed E-state index contributed by atoms with van der Waals surface area (Å²) in [4.78, 5) is 30.1. The molecule has 2 aliphatic carbocycles. The molecule has 6 nitrogen and oxygen atoms in total. The fraction of sp³-hybridized carbons (Fsp3) is 0.450. The molecule has 0 aliphatic heterocycles. The number of aromatic nitrogens is 2. The number of carbonyl (C=O) groups is 1. The summed E-state index contributed by atoms with van der Waals surface area (Å²) >= 11 is 0. The maximum Gasteiger partial charge on any atom is 0.287 e. The minimum atomic E-state index is -0.296. The Labute approximate surface area is 151 Å². The van der Waals surface area contributed by atoms with Crippen molar-refractivity contribution in [2.75, 3.05) is 20.3 Å². The molecule has 0 spiro atoms. The minimum absolute atomic E-state index is 0.157. The van der Waals surface area contributed by atoms with Gasteiger partial charge in [-0.05, 0) is 42.7 Å². The molecule has 1 amide bonds. The number of methoxy groups -OCH3 is 1. The van der Waals surface area contributed by atoms with Crippen LogP contribution in [0.4, 0.5) is 0 Å². The standard InChI is InChI=1S/C20H23N3O3/c1-26-9-8-23-18(22-17-5-3-2-4-16(17)20(23)25)19(24)21-12-15-11-13-6-7-14(15)10-13/h2-7,13-15H,8-12H2,1H3,(H,21,24). The highest BCUT2D eigenvalue weighted by Crippen LogP contribution is 2.42. The van der Waals surface area contributed by atoms with E-state index in [9.17, 15) is 9.59 Å². The van der Waals surface area contributed by atoms with Crippen LogP contribution >= 0.6 is 0 Å². The second-order valence-corrected chi connectivity index (χ2v) is 7.15. The van der Waals surface area contributed by atoms with Crippen LogP contribution in [0.2, 0.25) is 0 Å². The first-order valence-corrected chi connectivity index (χ1v) is 9.12. The number of para-hydroxylation sites is 1. The molecule has 2 aromatic rings. The number of rotatable bonds is 6. The molecule has 1 saturated carbocycles. The first-order valence-electron chi connectivity index (χ1n) is 9.12. The highest BCUT2D eigenvalue weighted by molar-refractivity contribution is 5.93. The molecule has 136 valence electrons. The highest BCUT2D eigenvalue weighted by atomic mass is 16.5. The smallest absolute Gasteiger partial charge is 0.287 e. The van der Waals surface area contributed by atoms with Crippen LogP contribution in [0.1, 0.15) is 23.5 Å². The van der Waals surface area contributed by atoms with Crippen LogP contribution < -0.4 is 10.9 Å². The quantitative estimate of drug-likeness (QED) is 0.806. The number of allylic oxidation sites excluding steroid dienone is 2. The van der Waals surface area contributed by atoms with Gasteiger partial charge in [-0.1, -0.05) is 24.3 Å². The van der Waals surface area contributed by atoms with E-state index in [2.05, 4.69) is 22.5 Å². The van der Waals surface area contributed by atoms with Gasteiger partial charge >= 0.3 is 0 Å². The summed E-state index contributed by atoms with van der Waals surface area (Å²) in [5.74, 6) is 1.58. The number of hydrogen-bond acceptors (Lipinski definition) is 4. The van der Waals surface area contributed by atoms with Crippen molar-refractivity contribution < 1.29 is 9.53 Å². The van der Waals surface area contributed by atoms with Crippen molar-refractivity contribution in [2.45, 2.75) is 19.4 Å². The Kier molecular flexibility index (Phi) is 4.59. The van der Waals surface area contributed by atoms with Crippen LogP contribution in [0, 0.1) is 17.8 Å². The van der Waals surface area contributed by atoms with Gasteiger partial charge in [0.05, 0.1) is 24.1 Å². The summed E-state index contributed by atoms with van der Waals surface area (Å²) in [6, 6.07) is 7.11. The van der Waals surface area contributed by atoms with Gasteiger partial charge in [0.2, 0.25) is 5.82 Å². The number of ether oxygens (including phenoxy) is 1. The average Bonchev–Trinajstić information content (AvgIpc) is 3.28. The molecule has 3 atom stereocenters. The summed E-state index contributed by atoms with van der Waals surface area (Å²) in [7, 11) is 1.57. The summed E-state index contributed by atoms with van der Waals surface area (Å²) in [5, 5.41) is 3.51. The van der Waals surface area contributed by atoms with E-state index < -0.39 is 0 Å². The van der Waals surface area contributed by atoms with Gasteiger partial charge in [-0.3, -0.25) is 14.2 Å². The van der Waals surface area contributed by atoms with E-state index in [4.69, 9.17) is 4.74 Å². The Balaban J connectivity index is 1.60. The third kappa shape index (κ3) is 3.05. The van der Waals surface area contributed by atoms with E-state index in [1.54, 1.807) is 25.3 Å². The van der Waals surface area contributed by atoms with E-state index in [0.29, 0.717) is 48.4 Å². The minimum Gasteiger partial charge on any atom is -0.383 e. The normalized spacial score (nSPS) is 23.7. The molecule has 1 aromatic carbocycles. The molecule has 2 bridgehead atoms. The zero-order valence-electron chi connectivity index (χ0n) is 14.9. The molecule has 1 heterocycles. The van der Waals surface area contributed by atoms with Crippen LogP contribution in [0.25, 0.3) is 10.9 Å². The van der Waals surface area contributed by atoms with Gasteiger partial charge < -0.3 is 10.1 Å². The maximum atomic E-state index is 12.8. The number of fused-ring (bicyclic) bond motifs is 3. The second kappa shape index (κ2) is 7.03. The lowest BCUT2D eigenvalue weighted by Gasteiger charge is -2.19. The Bertz CT molecular complexity index is 918. The Morgan fingerprint density at radius 1 is 1.31 bits per heavy atom. The maximum absolute atomic E-state index is 12.8. The molecule has 2 aliphatic rings. The van der Waals surface area contributed by atoms with E-state index in [1.165, 1.54) is 11.0 Å². The zero-order valence-corrected chi connectivity index (χ0v) is 14.9. The van der Waals surface area contributed by atoms with Gasteiger partial charge in [0.1, 0.15) is 0 Å². The van der Waals surface area contributed by atoms with Crippen molar-refractivity contribution in [3.8, 4) is 0 Å². The fourth-order valence-electron chi connectivity index (χ4n) is 4.16. The molecule has 26 heavy (non-hydrogen) atoms. The lowest BCUT2D eigenvalue weighted by Crippen LogP contribution is -2.37. The fourth-order valence-corrected chi connectivity index (χ4v) is 4.16. The Hall–Kier alpha value is -2.47. The van der Waals surface area contributed by atoms with Gasteiger partial charge in [-0.15, -0.1) is 0 Å². The molecule has 0 radical (unpaired) electrons. The third-order valence-electron chi connectivity index (χ3n) is 5.52. The van der Waals surface area contributed by atoms with Gasteiger partial charge in [-0.25, -0.2) is 4.98 Å². The molecule has 1 aromatic heterocycles. The largest absolute Gasteiger partial charge is 0.383 e. The summed E-state index contributed by atoms with van der Waals surface area (Å²) in [6.45, 7) is 1.27. The summed E-state index contributed by atoms with van der Waals surface area (Å²) in [5.41, 5.74) is 0.333. The number of nitrogens with zero attached hydrogens (tertiary/aromatic N) is 2. The van der Waals surface area contributed by atoms with Crippen LogP contribution in [-0.4, -0.2) is 35.7 Å². The van der Waals surface area contributed by atoms with Crippen LogP contribution in [0.5, 0.6) is 0 Å². The molecule has 4 rings (SSSR count). The number of benzene rings is 1. The van der Waals surface area contributed by atoms with Crippen molar-refractivity contribution in [2.24, 2.45) is 17.8 Å². The van der Waals surface area contributed by atoms with Crippen LogP contribution in [0.3, 0.4) is 0 Å². The second-order valence-electron chi connectivity index (χ2n) is 7.15. The predicted octanol–water partition coefficient (Wildman–Crippen LogP) is 1.98. The average molecular weight is 353 g/mol. The van der Waals surface area contributed by atoms with E-state index in [1.807, 2.05) is 6.07 Å². The highest BCUT2D eigenvalue weighted by Gasteiger charge is 2.35. The Morgan fingerprint density at radius 3 is 2.88 bits per heavy atom. The molecular formula is C20H23N3O3. The number of nitrogens with one attached hydrogen (secondary N) is 1. The zero-order chi connectivity index (χ0) is 18.1. The summed E-state index contributed by atoms with van der Waals surface area (Å²) < 4.78 is 6.51. The van der Waals surface area contributed by atoms with Crippen LogP contribution in [0.15, 0.2) is 41.2 Å². The van der Waals surface area contributed by atoms with Crippen molar-refractivity contribution in [1.29, 1.82) is 0 Å². The lowest BCUT2D eigenvalue weighted by molar-refractivity contribution is 0.0925. The number of hydrogen-bond donors (Lipinski definition) is 1. The van der Waals surface area contributed by atoms with E-state index in [0.717, 1.165) is 6.42 Å². The molecule has 3 unspecified atom stereocenters. The van der Waals surface area contributed by atoms with Crippen molar-refractivity contribution in [3.63, 3.8) is 0 Å². The third-order valence-corrected chi connectivity index (χ3v) is 5.52. The SMILES string of the molecule is COCCn1c(C(=O)NCC2CC3C=CC2C3)nc2ccccc2c1=O. The van der Waals surface area contributed by atoms with Gasteiger partial charge in [0.15, 0.2) is 0 Å². The van der Waals surface area contributed by atoms with Crippen molar-refractivity contribution in [3.05, 3.63) is 52.6 Å². The van der Waals surface area contributed by atoms with Crippen molar-refractivity contribution in [1.82, 2.24) is 14.9 Å². The number of amides is 1. The van der Waals surface area contributed by atoms with Crippen molar-refractivity contribution >= 4 is 16.8 Å².